The predicted octanol–water partition coefficient (Wildman–Crippen LogP) is 3.68. The summed E-state index contributed by atoms with van der Waals surface area (Å²) in [5.41, 5.74) is 12.4. The molecule has 0 radical (unpaired) electrons. The van der Waals surface area contributed by atoms with Crippen LogP contribution in [0.15, 0.2) is 78.9 Å². The molecule has 0 bridgehead atoms. The van der Waals surface area contributed by atoms with E-state index < -0.39 is 29.6 Å². The Hall–Kier alpha value is -4.77. The van der Waals surface area contributed by atoms with E-state index in [0.717, 1.165) is 5.56 Å². The second kappa shape index (κ2) is 11.5. The Morgan fingerprint density at radius 3 is 2.32 bits per heavy atom. The van der Waals surface area contributed by atoms with Gasteiger partial charge in [-0.1, -0.05) is 54.6 Å². The number of carbonyl (C=O) groups excluding carboxylic acids is 3. The molecule has 0 fully saturated rings. The summed E-state index contributed by atoms with van der Waals surface area (Å²) in [5, 5.41) is 2.86. The molecule has 0 aliphatic carbocycles. The zero-order valence-corrected chi connectivity index (χ0v) is 21.1. The average molecular weight is 534 g/mol. The van der Waals surface area contributed by atoms with Gasteiger partial charge in [-0.05, 0) is 46.9 Å². The van der Waals surface area contributed by atoms with Crippen molar-refractivity contribution in [2.24, 2.45) is 5.73 Å². The summed E-state index contributed by atoms with van der Waals surface area (Å²) in [6, 6.07) is 19.8. The van der Waals surface area contributed by atoms with Gasteiger partial charge in [0.25, 0.3) is 11.8 Å². The molecule has 0 aliphatic heterocycles. The first-order valence-electron chi connectivity index (χ1n) is 11.4. The minimum absolute atomic E-state index is 0.0901. The van der Waals surface area contributed by atoms with E-state index in [1.54, 1.807) is 24.3 Å². The van der Waals surface area contributed by atoms with Crippen LogP contribution in [0.5, 0.6) is 5.75 Å². The maximum atomic E-state index is 14.1. The van der Waals surface area contributed by atoms with Gasteiger partial charge in [-0.2, -0.15) is 4.37 Å². The highest BCUT2D eigenvalue weighted by Crippen LogP contribution is 2.38. The van der Waals surface area contributed by atoms with Crippen molar-refractivity contribution in [3.8, 4) is 5.75 Å². The third kappa shape index (κ3) is 5.47. The highest BCUT2D eigenvalue weighted by molar-refractivity contribution is 7.09. The molecule has 5 N–H and O–H groups in total. The Kier molecular flexibility index (Phi) is 7.97. The highest BCUT2D eigenvalue weighted by Gasteiger charge is 2.37. The first-order chi connectivity index (χ1) is 18.3. The Morgan fingerprint density at radius 2 is 1.68 bits per heavy atom. The molecule has 38 heavy (non-hydrogen) atoms. The van der Waals surface area contributed by atoms with Crippen molar-refractivity contribution in [2.45, 2.75) is 12.6 Å². The number of hydrogen-bond acceptors (Lipinski definition) is 7. The molecule has 3 aromatic carbocycles. The normalized spacial score (nSPS) is 11.4. The molecule has 4 aromatic rings. The number of ether oxygens (including phenoxy) is 1. The summed E-state index contributed by atoms with van der Waals surface area (Å²) in [5.74, 6) is -2.37. The second-order valence-electron chi connectivity index (χ2n) is 8.14. The van der Waals surface area contributed by atoms with E-state index in [1.807, 2.05) is 30.3 Å². The van der Waals surface area contributed by atoms with Gasteiger partial charge < -0.3 is 21.5 Å². The molecule has 3 amide bonds. The Labute approximate surface area is 222 Å². The number of nitrogen functional groups attached to an aromatic ring is 1. The van der Waals surface area contributed by atoms with Crippen LogP contribution < -0.4 is 26.4 Å². The molecule has 0 saturated heterocycles. The van der Waals surface area contributed by atoms with E-state index in [2.05, 4.69) is 9.69 Å². The van der Waals surface area contributed by atoms with Crippen molar-refractivity contribution in [2.75, 3.05) is 17.7 Å². The quantitative estimate of drug-likeness (QED) is 0.300. The Bertz CT molecular complexity index is 1460. The molecule has 1 atom stereocenters. The van der Waals surface area contributed by atoms with Crippen LogP contribution in [-0.2, 0) is 11.3 Å². The second-order valence-corrected chi connectivity index (χ2v) is 8.92. The number of methoxy groups -OCH3 is 1. The van der Waals surface area contributed by atoms with Crippen molar-refractivity contribution in [3.63, 3.8) is 0 Å². The smallest absolute Gasteiger partial charge is 0.273 e. The molecule has 9 nitrogen and oxygen atoms in total. The lowest BCUT2D eigenvalue weighted by Gasteiger charge is -2.32. The third-order valence-corrected chi connectivity index (χ3v) is 6.57. The first-order valence-corrected chi connectivity index (χ1v) is 12.2. The number of halogens is 1. The van der Waals surface area contributed by atoms with E-state index in [1.165, 1.54) is 36.3 Å². The predicted molar refractivity (Wildman–Crippen MR) is 142 cm³/mol. The van der Waals surface area contributed by atoms with Gasteiger partial charge in [0.05, 0.1) is 18.5 Å². The van der Waals surface area contributed by atoms with Gasteiger partial charge >= 0.3 is 0 Å². The molecule has 1 unspecified atom stereocenters. The zero-order chi connectivity index (χ0) is 27.2. The lowest BCUT2D eigenvalue weighted by molar-refractivity contribution is -0.122. The van der Waals surface area contributed by atoms with Crippen molar-refractivity contribution < 1.29 is 23.5 Å². The molecule has 1 heterocycles. The number of nitrogens with zero attached hydrogens (tertiary/aromatic N) is 2. The SMILES string of the molecule is COc1ccccc1N(C(=O)c1snc(C(N)=O)c1N)C(C(=O)NCc1ccccc1)c1ccc(F)cc1. The standard InChI is InChI=1S/C27H24FN5O4S/c1-37-20-10-6-5-9-19(20)33(27(36)24-21(29)22(25(30)34)32-38-24)23(17-11-13-18(28)14-12-17)26(35)31-15-16-7-3-2-4-8-16/h2-14,23H,15,29H2,1H3,(H2,30,34)(H,31,35). The average Bonchev–Trinajstić information content (AvgIpc) is 3.32. The largest absolute Gasteiger partial charge is 0.495 e. The van der Waals surface area contributed by atoms with Crippen LogP contribution in [-0.4, -0.2) is 29.2 Å². The molecule has 0 spiro atoms. The Morgan fingerprint density at radius 1 is 1.03 bits per heavy atom. The van der Waals surface area contributed by atoms with Crippen molar-refractivity contribution in [1.29, 1.82) is 0 Å². The molecule has 1 aromatic heterocycles. The van der Waals surface area contributed by atoms with Crippen LogP contribution in [0, 0.1) is 5.82 Å². The Balaban J connectivity index is 1.86. The maximum Gasteiger partial charge on any atom is 0.273 e. The maximum absolute atomic E-state index is 14.1. The number of benzene rings is 3. The fourth-order valence-electron chi connectivity index (χ4n) is 3.88. The number of nitrogens with two attached hydrogens (primary N) is 2. The summed E-state index contributed by atoms with van der Waals surface area (Å²) in [7, 11) is 1.43. The van der Waals surface area contributed by atoms with Crippen molar-refractivity contribution in [3.05, 3.63) is 106 Å². The van der Waals surface area contributed by atoms with E-state index in [-0.39, 0.29) is 28.5 Å². The highest BCUT2D eigenvalue weighted by atomic mass is 32.1. The van der Waals surface area contributed by atoms with E-state index in [4.69, 9.17) is 16.2 Å². The summed E-state index contributed by atoms with van der Waals surface area (Å²) in [4.78, 5) is 40.7. The van der Waals surface area contributed by atoms with Gasteiger partial charge in [0.1, 0.15) is 22.5 Å². The van der Waals surface area contributed by atoms with Crippen LogP contribution in [0.1, 0.15) is 37.3 Å². The molecule has 0 aliphatic rings. The van der Waals surface area contributed by atoms with Crippen LogP contribution in [0.4, 0.5) is 15.8 Å². The number of rotatable bonds is 9. The summed E-state index contributed by atoms with van der Waals surface area (Å²) >= 11 is 0.686. The van der Waals surface area contributed by atoms with Gasteiger partial charge in [0.15, 0.2) is 5.69 Å². The zero-order valence-electron chi connectivity index (χ0n) is 20.3. The van der Waals surface area contributed by atoms with Gasteiger partial charge in [-0.3, -0.25) is 19.3 Å². The van der Waals surface area contributed by atoms with Gasteiger partial charge in [-0.15, -0.1) is 0 Å². The van der Waals surface area contributed by atoms with E-state index in [9.17, 15) is 18.8 Å². The molecular formula is C27H24FN5O4S. The number of hydrogen-bond donors (Lipinski definition) is 3. The molecule has 0 saturated carbocycles. The number of primary amides is 1. The number of carbonyl (C=O) groups is 3. The number of amides is 3. The fourth-order valence-corrected chi connectivity index (χ4v) is 4.62. The van der Waals surface area contributed by atoms with Gasteiger partial charge in [-0.25, -0.2) is 4.39 Å². The molecule has 194 valence electrons. The number of para-hydroxylation sites is 2. The lowest BCUT2D eigenvalue weighted by Crippen LogP contribution is -2.44. The monoisotopic (exact) mass is 533 g/mol. The minimum atomic E-state index is -1.28. The molecular weight excluding hydrogens is 509 g/mol. The number of aromatic nitrogens is 1. The molecule has 4 rings (SSSR count). The fraction of sp³-hybridized carbons (Fsp3) is 0.111. The number of anilines is 2. The molecule has 11 heteroatoms. The summed E-state index contributed by atoms with van der Waals surface area (Å²) < 4.78 is 23.3. The topological polar surface area (TPSA) is 141 Å². The lowest BCUT2D eigenvalue weighted by atomic mass is 10.0. The van der Waals surface area contributed by atoms with Gasteiger partial charge in [0.2, 0.25) is 5.91 Å². The van der Waals surface area contributed by atoms with Crippen LogP contribution >= 0.6 is 11.5 Å². The van der Waals surface area contributed by atoms with Crippen molar-refractivity contribution >= 4 is 40.6 Å². The number of nitrogens with one attached hydrogen (secondary N) is 1. The van der Waals surface area contributed by atoms with Crippen molar-refractivity contribution in [1.82, 2.24) is 9.69 Å². The van der Waals surface area contributed by atoms with E-state index in [0.29, 0.717) is 22.8 Å². The van der Waals surface area contributed by atoms with Gasteiger partial charge in [0, 0.05) is 6.54 Å². The van der Waals surface area contributed by atoms with Crippen LogP contribution in [0.3, 0.4) is 0 Å². The summed E-state index contributed by atoms with van der Waals surface area (Å²) in [6.07, 6.45) is 0. The van der Waals surface area contributed by atoms with Crippen LogP contribution in [0.2, 0.25) is 0 Å². The minimum Gasteiger partial charge on any atom is -0.495 e. The van der Waals surface area contributed by atoms with E-state index >= 15 is 0 Å². The summed E-state index contributed by atoms with van der Waals surface area (Å²) in [6.45, 7) is 0.180. The first kappa shape index (κ1) is 26.3. The third-order valence-electron chi connectivity index (χ3n) is 5.72. The van der Waals surface area contributed by atoms with Crippen LogP contribution in [0.25, 0.3) is 0 Å².